The highest BCUT2D eigenvalue weighted by atomic mass is 35.5. The smallest absolute Gasteiger partial charge is 0.367 e. The zero-order valence-corrected chi connectivity index (χ0v) is 25.9. The number of piperidine rings is 1. The van der Waals surface area contributed by atoms with Crippen LogP contribution in [0.1, 0.15) is 47.2 Å². The first-order valence-corrected chi connectivity index (χ1v) is 16.5. The molecule has 0 aliphatic carbocycles. The summed E-state index contributed by atoms with van der Waals surface area (Å²) in [5.74, 6) is -1.53. The molecule has 5 rings (SSSR count). The molecular weight excluding hydrogens is 637 g/mol. The van der Waals surface area contributed by atoms with Gasteiger partial charge in [-0.25, -0.2) is 0 Å². The number of carbonyl (C=O) groups excluding carboxylic acids is 3. The van der Waals surface area contributed by atoms with Crippen LogP contribution in [0.5, 0.6) is 0 Å². The van der Waals surface area contributed by atoms with Crippen molar-refractivity contribution in [1.29, 1.82) is 0 Å². The molecule has 1 N–H and O–H groups in total. The van der Waals surface area contributed by atoms with E-state index in [1.165, 1.54) is 25.6 Å². The summed E-state index contributed by atoms with van der Waals surface area (Å²) in [6.07, 6.45) is -2.86. The molecule has 2 amide bonds. The Bertz CT molecular complexity index is 1500. The molecule has 3 heterocycles. The van der Waals surface area contributed by atoms with E-state index in [9.17, 15) is 36.0 Å². The highest BCUT2D eigenvalue weighted by molar-refractivity contribution is 7.86. The van der Waals surface area contributed by atoms with Crippen LogP contribution in [0.3, 0.4) is 0 Å². The average Bonchev–Trinajstić information content (AvgIpc) is 3.49. The highest BCUT2D eigenvalue weighted by Gasteiger charge is 2.44. The Morgan fingerprint density at radius 3 is 2.24 bits per heavy atom. The standard InChI is InChI=1S/C30H34ClF3N4O6S/c31-24-11-7-21(8-12-24)27(39)19-44-25-17-37(18-25)45(42,43)36-13-1-3-22(16-36)29(41)38-14-2-4-26(38)28(40)35-15-20-5-9-23(10-6-20)30(32,33)34/h5-12,22,25-26H,1-4,13-19H2,(H,35,40)/t22-,26+/m0/s1. The molecule has 0 radical (unpaired) electrons. The fourth-order valence-corrected chi connectivity index (χ4v) is 7.67. The van der Waals surface area contributed by atoms with E-state index in [1.807, 2.05) is 0 Å². The number of nitrogens with zero attached hydrogens (tertiary/aromatic N) is 3. The first kappa shape index (κ1) is 33.3. The van der Waals surface area contributed by atoms with Crippen LogP contribution in [-0.2, 0) is 37.3 Å². The molecule has 0 aromatic heterocycles. The molecule has 0 bridgehead atoms. The lowest BCUT2D eigenvalue weighted by molar-refractivity contribution is -0.142. The number of hydrogen-bond donors (Lipinski definition) is 1. The van der Waals surface area contributed by atoms with Crippen molar-refractivity contribution in [3.05, 3.63) is 70.2 Å². The first-order valence-electron chi connectivity index (χ1n) is 14.7. The number of nitrogens with one attached hydrogen (secondary N) is 1. The second kappa shape index (κ2) is 13.8. The summed E-state index contributed by atoms with van der Waals surface area (Å²) in [5, 5.41) is 3.23. The van der Waals surface area contributed by atoms with Gasteiger partial charge in [-0.05, 0) is 67.6 Å². The predicted octanol–water partition coefficient (Wildman–Crippen LogP) is 3.51. The van der Waals surface area contributed by atoms with E-state index in [1.54, 1.807) is 24.3 Å². The minimum absolute atomic E-state index is 0.00532. The summed E-state index contributed by atoms with van der Waals surface area (Å²) < 4.78 is 73.3. The lowest BCUT2D eigenvalue weighted by Crippen LogP contribution is -2.60. The normalized spacial score (nSPS) is 21.8. The summed E-state index contributed by atoms with van der Waals surface area (Å²) in [6.45, 7) is 0.642. The third kappa shape index (κ3) is 7.86. The third-order valence-electron chi connectivity index (χ3n) is 8.40. The molecule has 2 aromatic rings. The van der Waals surface area contributed by atoms with Gasteiger partial charge in [0.15, 0.2) is 5.78 Å². The second-order valence-corrected chi connectivity index (χ2v) is 13.9. The van der Waals surface area contributed by atoms with Crippen LogP contribution in [0.15, 0.2) is 48.5 Å². The van der Waals surface area contributed by atoms with Crippen LogP contribution < -0.4 is 5.32 Å². The fourth-order valence-electron chi connectivity index (χ4n) is 5.78. The minimum atomic E-state index is -4.45. The van der Waals surface area contributed by atoms with Crippen LogP contribution in [0.25, 0.3) is 0 Å². The minimum Gasteiger partial charge on any atom is -0.367 e. The molecule has 2 atom stereocenters. The monoisotopic (exact) mass is 670 g/mol. The van der Waals surface area contributed by atoms with E-state index < -0.39 is 45.9 Å². The Morgan fingerprint density at radius 2 is 1.58 bits per heavy atom. The molecule has 3 aliphatic heterocycles. The number of ether oxygens (including phenoxy) is 1. The number of amides is 2. The van der Waals surface area contributed by atoms with Crippen molar-refractivity contribution in [3.63, 3.8) is 0 Å². The maximum absolute atomic E-state index is 13.5. The SMILES string of the molecule is O=C(COC1CN(S(=O)(=O)N2CCC[C@H](C(=O)N3CCC[C@@H]3C(=O)NCc3ccc(C(F)(F)F)cc3)C2)C1)c1ccc(Cl)cc1. The number of rotatable bonds is 10. The molecule has 2 aromatic carbocycles. The van der Waals surface area contributed by atoms with Gasteiger partial charge in [0.1, 0.15) is 12.6 Å². The van der Waals surface area contributed by atoms with E-state index in [-0.39, 0.29) is 51.0 Å². The summed E-state index contributed by atoms with van der Waals surface area (Å²) in [6, 6.07) is 10.2. The quantitative estimate of drug-likeness (QED) is 0.387. The molecule has 15 heteroatoms. The van der Waals surface area contributed by atoms with Crippen LogP contribution in [0, 0.1) is 5.92 Å². The van der Waals surface area contributed by atoms with Crippen molar-refractivity contribution < 1.29 is 40.7 Å². The van der Waals surface area contributed by atoms with Gasteiger partial charge in [-0.3, -0.25) is 14.4 Å². The number of carbonyl (C=O) groups is 3. The van der Waals surface area contributed by atoms with E-state index in [4.69, 9.17) is 16.3 Å². The Labute approximate surface area is 264 Å². The van der Waals surface area contributed by atoms with Gasteiger partial charge in [-0.2, -0.15) is 30.2 Å². The van der Waals surface area contributed by atoms with E-state index in [0.717, 1.165) is 12.1 Å². The zero-order chi connectivity index (χ0) is 32.4. The first-order chi connectivity index (χ1) is 21.3. The summed E-state index contributed by atoms with van der Waals surface area (Å²) >= 11 is 5.85. The molecule has 0 saturated carbocycles. The Hall–Kier alpha value is -3.04. The number of halogens is 4. The largest absolute Gasteiger partial charge is 0.416 e. The number of benzene rings is 2. The van der Waals surface area contributed by atoms with Crippen molar-refractivity contribution in [2.45, 2.75) is 50.6 Å². The van der Waals surface area contributed by atoms with Crippen LogP contribution in [0.2, 0.25) is 5.02 Å². The van der Waals surface area contributed by atoms with Gasteiger partial charge in [0.05, 0.1) is 17.6 Å². The van der Waals surface area contributed by atoms with Gasteiger partial charge in [0.25, 0.3) is 10.2 Å². The van der Waals surface area contributed by atoms with Crippen molar-refractivity contribution in [2.24, 2.45) is 5.92 Å². The van der Waals surface area contributed by atoms with E-state index in [2.05, 4.69) is 5.32 Å². The van der Waals surface area contributed by atoms with Crippen molar-refractivity contribution in [2.75, 3.05) is 39.3 Å². The van der Waals surface area contributed by atoms with Crippen molar-refractivity contribution >= 4 is 39.4 Å². The van der Waals surface area contributed by atoms with Gasteiger partial charge in [-0.15, -0.1) is 0 Å². The Balaban J connectivity index is 1.10. The molecule has 3 aliphatic rings. The Morgan fingerprint density at radius 1 is 0.911 bits per heavy atom. The predicted molar refractivity (Wildman–Crippen MR) is 158 cm³/mol. The maximum atomic E-state index is 13.5. The molecule has 45 heavy (non-hydrogen) atoms. The van der Waals surface area contributed by atoms with Crippen LogP contribution >= 0.6 is 11.6 Å². The number of alkyl halides is 3. The van der Waals surface area contributed by atoms with Gasteiger partial charge < -0.3 is 15.0 Å². The molecule has 244 valence electrons. The van der Waals surface area contributed by atoms with Crippen molar-refractivity contribution in [1.82, 2.24) is 18.8 Å². The molecular formula is C30H34ClF3N4O6S. The average molecular weight is 671 g/mol. The maximum Gasteiger partial charge on any atom is 0.416 e. The third-order valence-corrected chi connectivity index (χ3v) is 10.6. The van der Waals surface area contributed by atoms with Gasteiger partial charge >= 0.3 is 6.18 Å². The number of hydrogen-bond acceptors (Lipinski definition) is 6. The van der Waals surface area contributed by atoms with Crippen molar-refractivity contribution in [3.8, 4) is 0 Å². The van der Waals surface area contributed by atoms with Crippen LogP contribution in [0.4, 0.5) is 13.2 Å². The van der Waals surface area contributed by atoms with Gasteiger partial charge in [0.2, 0.25) is 11.8 Å². The zero-order valence-electron chi connectivity index (χ0n) is 24.3. The summed E-state index contributed by atoms with van der Waals surface area (Å²) in [7, 11) is -3.86. The number of likely N-dealkylation sites (tertiary alicyclic amines) is 1. The summed E-state index contributed by atoms with van der Waals surface area (Å²) in [5.41, 5.74) is 0.161. The summed E-state index contributed by atoms with van der Waals surface area (Å²) in [4.78, 5) is 40.3. The number of ketones is 1. The van der Waals surface area contributed by atoms with E-state index >= 15 is 0 Å². The molecule has 3 saturated heterocycles. The lowest BCUT2D eigenvalue weighted by atomic mass is 9.97. The van der Waals surface area contributed by atoms with E-state index in [0.29, 0.717) is 48.4 Å². The fraction of sp³-hybridized carbons (Fsp3) is 0.500. The second-order valence-electron chi connectivity index (χ2n) is 11.5. The molecule has 10 nitrogen and oxygen atoms in total. The molecule has 0 spiro atoms. The van der Waals surface area contributed by atoms with Gasteiger partial charge in [0, 0.05) is 49.9 Å². The number of Topliss-reactive ketones (excluding diaryl/α,β-unsaturated/α-hetero) is 1. The molecule has 3 fully saturated rings. The van der Waals surface area contributed by atoms with Gasteiger partial charge in [-0.1, -0.05) is 23.7 Å². The highest BCUT2D eigenvalue weighted by Crippen LogP contribution is 2.30. The molecule has 0 unspecified atom stereocenters. The topological polar surface area (TPSA) is 116 Å². The lowest BCUT2D eigenvalue weighted by Gasteiger charge is -2.42. The van der Waals surface area contributed by atoms with Crippen LogP contribution in [-0.4, -0.2) is 91.0 Å². The Kier molecular flexibility index (Phi) is 10.2.